The Morgan fingerprint density at radius 3 is 2.22 bits per heavy atom. The Kier molecular flexibility index (Phi) is 10.1. The topological polar surface area (TPSA) is 152 Å². The Morgan fingerprint density at radius 2 is 1.68 bits per heavy atom. The average Bonchev–Trinajstić information content (AvgIpc) is 3.04. The van der Waals surface area contributed by atoms with Gasteiger partial charge in [-0.05, 0) is 50.0 Å². The molecule has 2 saturated carbocycles. The van der Waals surface area contributed by atoms with Crippen molar-refractivity contribution in [3.8, 4) is 0 Å². The molecule has 1 heterocycles. The van der Waals surface area contributed by atoms with Gasteiger partial charge in [-0.15, -0.1) is 0 Å². The maximum atomic E-state index is 15.2. The second kappa shape index (κ2) is 13.3. The summed E-state index contributed by atoms with van der Waals surface area (Å²) in [6.45, 7) is 15.1. The molecule has 1 saturated heterocycles. The number of fused-ring (bicyclic) bond motifs is 5. The smallest absolute Gasteiger partial charge is 0.338 e. The van der Waals surface area contributed by atoms with Crippen LogP contribution in [0.2, 0.25) is 0 Å². The second-order valence-corrected chi connectivity index (χ2v) is 15.8. The van der Waals surface area contributed by atoms with E-state index in [2.05, 4.69) is 0 Å². The van der Waals surface area contributed by atoms with Crippen molar-refractivity contribution in [1.29, 1.82) is 0 Å². The van der Waals surface area contributed by atoms with Crippen LogP contribution in [0.15, 0.2) is 41.5 Å². The molecule has 5 rings (SSSR count). The molecule has 1 unspecified atom stereocenters. The first kappa shape index (κ1) is 37.8. The lowest BCUT2D eigenvalue weighted by Gasteiger charge is -2.68. The van der Waals surface area contributed by atoms with Crippen molar-refractivity contribution in [3.63, 3.8) is 0 Å². The van der Waals surface area contributed by atoms with Gasteiger partial charge in [0.05, 0.1) is 35.5 Å². The fourth-order valence-electron chi connectivity index (χ4n) is 9.70. The van der Waals surface area contributed by atoms with E-state index in [4.69, 9.17) is 23.7 Å². The quantitative estimate of drug-likeness (QED) is 0.215. The molecule has 1 N–H and O–H groups in total. The first-order valence-electron chi connectivity index (χ1n) is 17.6. The molecule has 1 aromatic carbocycles. The van der Waals surface area contributed by atoms with Gasteiger partial charge in [0.25, 0.3) is 0 Å². The number of Topliss-reactive ketones (excluding diaryl/α,β-unsaturated/α-hetero) is 2. The third kappa shape index (κ3) is 5.73. The first-order valence-corrected chi connectivity index (χ1v) is 17.6. The summed E-state index contributed by atoms with van der Waals surface area (Å²) < 4.78 is 30.8. The fraction of sp³-hybridized carbons (Fsp3) is 0.667. The minimum Gasteiger partial charge on any atom is -0.458 e. The number of hydrogen-bond acceptors (Lipinski definition) is 11. The number of carbonyl (C=O) groups is 5. The van der Waals surface area contributed by atoms with Crippen molar-refractivity contribution in [2.24, 2.45) is 34.5 Å². The number of methoxy groups -OCH3 is 1. The Labute approximate surface area is 294 Å². The van der Waals surface area contributed by atoms with Crippen LogP contribution in [0.1, 0.15) is 91.9 Å². The van der Waals surface area contributed by atoms with Gasteiger partial charge < -0.3 is 33.6 Å². The molecule has 274 valence electrons. The summed E-state index contributed by atoms with van der Waals surface area (Å²) in [5, 5.41) is 13.5. The average molecular weight is 697 g/mol. The SMILES string of the molecule is CO[C@H]1C[C@H]2OC[C@@]2(OC(C)=O)C2[C@H](OC(=O)c3ccccc3)[C@]3(O)C[C@H](OC(=O)[C@H](C)[C@H](C)CC(C)=O)C(C)=C([C@@H](C)C(=O)[C@@]21C)C3(C)C. The van der Waals surface area contributed by atoms with E-state index in [0.29, 0.717) is 11.1 Å². The predicted molar refractivity (Wildman–Crippen MR) is 181 cm³/mol. The number of aliphatic hydroxyl groups is 1. The molecule has 2 bridgehead atoms. The van der Waals surface area contributed by atoms with Crippen LogP contribution in [-0.4, -0.2) is 83.9 Å². The van der Waals surface area contributed by atoms with Crippen LogP contribution in [0.5, 0.6) is 0 Å². The zero-order valence-corrected chi connectivity index (χ0v) is 30.9. The molecule has 3 aliphatic carbocycles. The van der Waals surface area contributed by atoms with Crippen LogP contribution < -0.4 is 0 Å². The van der Waals surface area contributed by atoms with Gasteiger partial charge >= 0.3 is 17.9 Å². The standard InChI is InChI=1S/C39H52O11/c1-20(16-21(2)40)22(3)34(43)48-27-18-39(45)33(49-35(44)26-14-12-11-13-15-26)31-37(9,32(42)24(5)30(23(27)4)36(39,7)8)28(46-10)17-29-38(31,19-47-29)50-25(6)41/h11-15,20,22,24,27-29,31,33,45H,16-19H2,1-10H3/t20-,22-,24-,27+,28+,29-,31?,33+,37-,38+,39-/m1/s1. The molecule has 11 heteroatoms. The number of benzene rings is 1. The Morgan fingerprint density at radius 1 is 1.04 bits per heavy atom. The zero-order chi connectivity index (χ0) is 37.1. The Hall–Kier alpha value is -3.41. The van der Waals surface area contributed by atoms with Crippen molar-refractivity contribution in [1.82, 2.24) is 0 Å². The molecule has 0 amide bonds. The van der Waals surface area contributed by atoms with Gasteiger partial charge in [-0.1, -0.05) is 52.8 Å². The van der Waals surface area contributed by atoms with E-state index in [1.54, 1.807) is 71.9 Å². The highest BCUT2D eigenvalue weighted by Gasteiger charge is 2.77. The molecule has 0 radical (unpaired) electrons. The zero-order valence-electron chi connectivity index (χ0n) is 30.9. The van der Waals surface area contributed by atoms with Gasteiger partial charge in [-0.3, -0.25) is 14.4 Å². The third-order valence-corrected chi connectivity index (χ3v) is 12.6. The molecule has 4 aliphatic rings. The van der Waals surface area contributed by atoms with Crippen LogP contribution in [0, 0.1) is 34.5 Å². The Bertz CT molecular complexity index is 1580. The molecule has 1 aliphatic heterocycles. The lowest BCUT2D eigenvalue weighted by atomic mass is 9.43. The van der Waals surface area contributed by atoms with E-state index in [0.717, 1.165) is 0 Å². The maximum Gasteiger partial charge on any atom is 0.338 e. The van der Waals surface area contributed by atoms with Gasteiger partial charge in [0, 0.05) is 44.6 Å². The van der Waals surface area contributed by atoms with Crippen molar-refractivity contribution in [3.05, 3.63) is 47.0 Å². The summed E-state index contributed by atoms with van der Waals surface area (Å²) in [7, 11) is 1.50. The van der Waals surface area contributed by atoms with Crippen LogP contribution in [-0.2, 0) is 42.9 Å². The molecule has 0 spiro atoms. The fourth-order valence-corrected chi connectivity index (χ4v) is 9.70. The molecule has 3 fully saturated rings. The summed E-state index contributed by atoms with van der Waals surface area (Å²) >= 11 is 0. The van der Waals surface area contributed by atoms with E-state index < -0.39 is 82.1 Å². The van der Waals surface area contributed by atoms with E-state index in [9.17, 15) is 24.3 Å². The molecule has 50 heavy (non-hydrogen) atoms. The number of rotatable bonds is 9. The lowest BCUT2D eigenvalue weighted by Crippen LogP contribution is -2.81. The number of ketones is 2. The monoisotopic (exact) mass is 696 g/mol. The van der Waals surface area contributed by atoms with Gasteiger partial charge in [0.2, 0.25) is 0 Å². The summed E-state index contributed by atoms with van der Waals surface area (Å²) in [6.07, 6.45) is -3.70. The van der Waals surface area contributed by atoms with E-state index in [-0.39, 0.29) is 48.9 Å². The minimum atomic E-state index is -1.98. The second-order valence-electron chi connectivity index (χ2n) is 15.8. The highest BCUT2D eigenvalue weighted by molar-refractivity contribution is 5.92. The molecule has 11 atom stereocenters. The number of esters is 3. The summed E-state index contributed by atoms with van der Waals surface area (Å²) in [5.74, 6) is -5.08. The largest absolute Gasteiger partial charge is 0.458 e. The van der Waals surface area contributed by atoms with Gasteiger partial charge in [0.1, 0.15) is 35.5 Å². The summed E-state index contributed by atoms with van der Waals surface area (Å²) in [5.41, 5.74) is -4.67. The highest BCUT2D eigenvalue weighted by Crippen LogP contribution is 2.65. The third-order valence-electron chi connectivity index (χ3n) is 12.6. The number of hydrogen-bond donors (Lipinski definition) is 1. The predicted octanol–water partition coefficient (Wildman–Crippen LogP) is 4.81. The normalized spacial score (nSPS) is 37.1. The van der Waals surface area contributed by atoms with Gasteiger partial charge in [0.15, 0.2) is 5.60 Å². The van der Waals surface area contributed by atoms with Crippen LogP contribution >= 0.6 is 0 Å². The first-order chi connectivity index (χ1) is 23.3. The van der Waals surface area contributed by atoms with Crippen LogP contribution in [0.4, 0.5) is 0 Å². The van der Waals surface area contributed by atoms with Crippen molar-refractivity contribution in [2.75, 3.05) is 13.7 Å². The van der Waals surface area contributed by atoms with E-state index >= 15 is 4.79 Å². The van der Waals surface area contributed by atoms with Crippen LogP contribution in [0.25, 0.3) is 0 Å². The van der Waals surface area contributed by atoms with Gasteiger partial charge in [-0.25, -0.2) is 4.79 Å². The minimum absolute atomic E-state index is 0.0493. The van der Waals surface area contributed by atoms with Crippen molar-refractivity contribution in [2.45, 2.75) is 117 Å². The molecular formula is C39H52O11. The van der Waals surface area contributed by atoms with Crippen molar-refractivity contribution < 1.29 is 52.8 Å². The molecule has 0 aromatic heterocycles. The highest BCUT2D eigenvalue weighted by atomic mass is 16.6. The molecule has 11 nitrogen and oxygen atoms in total. The summed E-state index contributed by atoms with van der Waals surface area (Å²) in [6, 6.07) is 8.32. The van der Waals surface area contributed by atoms with E-state index in [1.807, 2.05) is 6.92 Å². The van der Waals surface area contributed by atoms with Crippen LogP contribution in [0.3, 0.4) is 0 Å². The molecule has 1 aromatic rings. The van der Waals surface area contributed by atoms with E-state index in [1.165, 1.54) is 21.0 Å². The molecular weight excluding hydrogens is 644 g/mol. The Balaban J connectivity index is 1.75. The maximum absolute atomic E-state index is 15.2. The van der Waals surface area contributed by atoms with Gasteiger partial charge in [-0.2, -0.15) is 0 Å². The number of carbonyl (C=O) groups excluding carboxylic acids is 5. The number of ether oxygens (including phenoxy) is 5. The summed E-state index contributed by atoms with van der Waals surface area (Å²) in [4.78, 5) is 67.7. The van der Waals surface area contributed by atoms with Crippen molar-refractivity contribution >= 4 is 29.5 Å². The lowest BCUT2D eigenvalue weighted by molar-refractivity contribution is -0.346.